The van der Waals surface area contributed by atoms with Crippen LogP contribution in [0.5, 0.6) is 0 Å². The number of pyridine rings is 1. The number of hydrogen-bond acceptors (Lipinski definition) is 4. The number of ether oxygens (including phenoxy) is 1. The summed E-state index contributed by atoms with van der Waals surface area (Å²) in [6.45, 7) is 0.191. The van der Waals surface area contributed by atoms with E-state index in [0.717, 1.165) is 17.1 Å². The lowest BCUT2D eigenvalue weighted by Gasteiger charge is -2.50. The van der Waals surface area contributed by atoms with Crippen molar-refractivity contribution in [1.82, 2.24) is 14.8 Å². The molecule has 0 unspecified atom stereocenters. The van der Waals surface area contributed by atoms with E-state index in [1.807, 2.05) is 19.0 Å². The quantitative estimate of drug-likeness (QED) is 0.860. The molecular formula is C16H20F3N3O3. The minimum Gasteiger partial charge on any atom is -0.376 e. The van der Waals surface area contributed by atoms with Crippen LogP contribution in [0.2, 0.25) is 0 Å². The monoisotopic (exact) mass is 359 g/mol. The number of amides is 1. The molecule has 1 saturated heterocycles. The number of nitrogens with one attached hydrogen (secondary N) is 1. The molecule has 4 atom stereocenters. The maximum Gasteiger partial charge on any atom is 0.417 e. The second-order valence-corrected chi connectivity index (χ2v) is 6.72. The Morgan fingerprint density at radius 3 is 2.76 bits per heavy atom. The van der Waals surface area contributed by atoms with Crippen LogP contribution in [0.15, 0.2) is 23.1 Å². The van der Waals surface area contributed by atoms with Crippen molar-refractivity contribution in [2.24, 2.45) is 5.92 Å². The summed E-state index contributed by atoms with van der Waals surface area (Å²) in [6.07, 6.45) is -2.99. The van der Waals surface area contributed by atoms with Crippen molar-refractivity contribution in [2.45, 2.75) is 37.3 Å². The maximum atomic E-state index is 12.8. The number of fused-ring (bicyclic) bond motifs is 1. The predicted octanol–water partition coefficient (Wildman–Crippen LogP) is 0.701. The van der Waals surface area contributed by atoms with Gasteiger partial charge in [-0.3, -0.25) is 9.59 Å². The van der Waals surface area contributed by atoms with Gasteiger partial charge in [0.15, 0.2) is 0 Å². The summed E-state index contributed by atoms with van der Waals surface area (Å²) < 4.78 is 44.7. The van der Waals surface area contributed by atoms with Crippen molar-refractivity contribution in [3.63, 3.8) is 0 Å². The number of carbonyl (C=O) groups excluding carboxylic acids is 1. The Kier molecular flexibility index (Phi) is 4.63. The molecule has 9 heteroatoms. The molecule has 2 heterocycles. The third-order valence-corrected chi connectivity index (χ3v) is 4.90. The zero-order valence-electron chi connectivity index (χ0n) is 13.9. The molecule has 2 fully saturated rings. The number of rotatable bonds is 4. The Morgan fingerprint density at radius 1 is 1.40 bits per heavy atom. The van der Waals surface area contributed by atoms with E-state index in [9.17, 15) is 22.8 Å². The number of likely N-dealkylation sites (N-methyl/N-ethyl adjacent to an activating group) is 1. The smallest absolute Gasteiger partial charge is 0.376 e. The summed E-state index contributed by atoms with van der Waals surface area (Å²) in [4.78, 5) is 26.0. The van der Waals surface area contributed by atoms with E-state index < -0.39 is 29.8 Å². The van der Waals surface area contributed by atoms with Gasteiger partial charge in [0.1, 0.15) is 6.54 Å². The summed E-state index contributed by atoms with van der Waals surface area (Å²) in [6, 6.07) is 1.43. The van der Waals surface area contributed by atoms with Gasteiger partial charge in [0.2, 0.25) is 5.91 Å². The van der Waals surface area contributed by atoms with Gasteiger partial charge in [-0.1, -0.05) is 0 Å². The van der Waals surface area contributed by atoms with Gasteiger partial charge < -0.3 is 19.5 Å². The second kappa shape index (κ2) is 6.45. The number of aromatic nitrogens is 1. The van der Waals surface area contributed by atoms with E-state index in [-0.39, 0.29) is 24.1 Å². The molecule has 138 valence electrons. The molecule has 1 amide bonds. The summed E-state index contributed by atoms with van der Waals surface area (Å²) >= 11 is 0. The van der Waals surface area contributed by atoms with Gasteiger partial charge in [-0.25, -0.2) is 0 Å². The first-order chi connectivity index (χ1) is 11.7. The first-order valence-corrected chi connectivity index (χ1v) is 8.03. The lowest BCUT2D eigenvalue weighted by molar-refractivity contribution is -0.138. The SMILES string of the molecule is CN(C)[C@@H]1[C@@H](NC(=O)Cn2cc(C(F)(F)F)ccc2=O)[C@H]2CCO[C@H]21. The Morgan fingerprint density at radius 2 is 2.12 bits per heavy atom. The van der Waals surface area contributed by atoms with Gasteiger partial charge in [0.25, 0.3) is 5.56 Å². The number of carbonyl (C=O) groups is 1. The summed E-state index contributed by atoms with van der Waals surface area (Å²) in [5, 5.41) is 2.85. The lowest BCUT2D eigenvalue weighted by Crippen LogP contribution is -2.69. The lowest BCUT2D eigenvalue weighted by atomic mass is 9.71. The largest absolute Gasteiger partial charge is 0.417 e. The fourth-order valence-electron chi connectivity index (χ4n) is 3.69. The van der Waals surface area contributed by atoms with Crippen molar-refractivity contribution in [3.8, 4) is 0 Å². The molecule has 0 radical (unpaired) electrons. The fraction of sp³-hybridized carbons (Fsp3) is 0.625. The summed E-state index contributed by atoms with van der Waals surface area (Å²) in [5.41, 5.74) is -1.61. The van der Waals surface area contributed by atoms with Crippen molar-refractivity contribution in [2.75, 3.05) is 20.7 Å². The minimum absolute atomic E-state index is 0.0229. The van der Waals surface area contributed by atoms with Crippen LogP contribution in [0, 0.1) is 5.92 Å². The van der Waals surface area contributed by atoms with Gasteiger partial charge in [-0.2, -0.15) is 13.2 Å². The van der Waals surface area contributed by atoms with Crippen LogP contribution < -0.4 is 10.9 Å². The normalized spacial score (nSPS) is 28.6. The molecule has 0 bridgehead atoms. The van der Waals surface area contributed by atoms with Crippen molar-refractivity contribution in [3.05, 3.63) is 34.2 Å². The zero-order valence-corrected chi connectivity index (χ0v) is 13.9. The molecular weight excluding hydrogens is 339 g/mol. The molecule has 6 nitrogen and oxygen atoms in total. The third kappa shape index (κ3) is 3.43. The topological polar surface area (TPSA) is 63.6 Å². The number of hydrogen-bond donors (Lipinski definition) is 1. The van der Waals surface area contributed by atoms with Crippen molar-refractivity contribution in [1.29, 1.82) is 0 Å². The summed E-state index contributed by atoms with van der Waals surface area (Å²) in [5.74, 6) is -0.279. The molecule has 25 heavy (non-hydrogen) atoms. The molecule has 1 saturated carbocycles. The van der Waals surface area contributed by atoms with Gasteiger partial charge in [-0.05, 0) is 26.6 Å². The highest BCUT2D eigenvalue weighted by atomic mass is 19.4. The predicted molar refractivity (Wildman–Crippen MR) is 83.0 cm³/mol. The van der Waals surface area contributed by atoms with Gasteiger partial charge in [-0.15, -0.1) is 0 Å². The molecule has 3 rings (SSSR count). The van der Waals surface area contributed by atoms with E-state index in [2.05, 4.69) is 5.32 Å². The first kappa shape index (κ1) is 17.9. The van der Waals surface area contributed by atoms with E-state index in [0.29, 0.717) is 18.9 Å². The van der Waals surface area contributed by atoms with E-state index in [4.69, 9.17) is 4.74 Å². The molecule has 1 N–H and O–H groups in total. The Labute approximate surface area is 142 Å². The van der Waals surface area contributed by atoms with Crippen molar-refractivity contribution < 1.29 is 22.7 Å². The van der Waals surface area contributed by atoms with Gasteiger partial charge in [0, 0.05) is 24.8 Å². The average molecular weight is 359 g/mol. The number of halogens is 3. The Bertz CT molecular complexity index is 717. The first-order valence-electron chi connectivity index (χ1n) is 8.03. The number of alkyl halides is 3. The van der Waals surface area contributed by atoms with Crippen LogP contribution >= 0.6 is 0 Å². The van der Waals surface area contributed by atoms with Gasteiger partial charge >= 0.3 is 6.18 Å². The van der Waals surface area contributed by atoms with E-state index >= 15 is 0 Å². The molecule has 1 aromatic rings. The zero-order chi connectivity index (χ0) is 18.4. The van der Waals surface area contributed by atoms with Crippen LogP contribution in [-0.2, 0) is 22.3 Å². The van der Waals surface area contributed by atoms with Gasteiger partial charge in [0.05, 0.1) is 23.8 Å². The van der Waals surface area contributed by atoms with E-state index in [1.54, 1.807) is 0 Å². The van der Waals surface area contributed by atoms with E-state index in [1.165, 1.54) is 0 Å². The second-order valence-electron chi connectivity index (χ2n) is 6.72. The highest BCUT2D eigenvalue weighted by molar-refractivity contribution is 5.76. The average Bonchev–Trinajstić information content (AvgIpc) is 2.89. The summed E-state index contributed by atoms with van der Waals surface area (Å²) in [7, 11) is 3.78. The molecule has 0 spiro atoms. The van der Waals surface area contributed by atoms with Crippen molar-refractivity contribution >= 4 is 5.91 Å². The Balaban J connectivity index is 1.70. The molecule has 1 aliphatic heterocycles. The molecule has 1 aromatic heterocycles. The minimum atomic E-state index is -4.57. The highest BCUT2D eigenvalue weighted by Gasteiger charge is 2.55. The highest BCUT2D eigenvalue weighted by Crippen LogP contribution is 2.41. The Hall–Kier alpha value is -1.87. The molecule has 2 aliphatic rings. The molecule has 0 aromatic carbocycles. The fourth-order valence-corrected chi connectivity index (χ4v) is 3.69. The van der Waals surface area contributed by atoms with Crippen LogP contribution in [0.25, 0.3) is 0 Å². The molecule has 1 aliphatic carbocycles. The van der Waals surface area contributed by atoms with Crippen LogP contribution in [0.3, 0.4) is 0 Å². The number of nitrogens with zero attached hydrogens (tertiary/aromatic N) is 2. The standard InChI is InChI=1S/C16H20F3N3O3/c1-21(2)14-13(10-5-6-25-15(10)14)20-11(23)8-22-7-9(16(17,18)19)3-4-12(22)24/h3-4,7,10,13-15H,5-6,8H2,1-2H3,(H,20,23)/t10-,13+,14-,15-/m1/s1. The van der Waals surface area contributed by atoms with Crippen LogP contribution in [0.1, 0.15) is 12.0 Å². The van der Waals surface area contributed by atoms with Crippen LogP contribution in [0.4, 0.5) is 13.2 Å². The third-order valence-electron chi connectivity index (χ3n) is 4.90. The van der Waals surface area contributed by atoms with Crippen LogP contribution in [-0.4, -0.2) is 54.3 Å². The maximum absolute atomic E-state index is 12.8.